The summed E-state index contributed by atoms with van der Waals surface area (Å²) in [6.45, 7) is 32.7. The van der Waals surface area contributed by atoms with Crippen molar-refractivity contribution in [3.63, 3.8) is 0 Å². The predicted octanol–water partition coefficient (Wildman–Crippen LogP) is 3.80. The van der Waals surface area contributed by atoms with Crippen molar-refractivity contribution in [3.05, 3.63) is 12.2 Å². The zero-order chi connectivity index (χ0) is 72.2. The van der Waals surface area contributed by atoms with Gasteiger partial charge in [-0.3, -0.25) is 57.5 Å². The van der Waals surface area contributed by atoms with Gasteiger partial charge >= 0.3 is 0 Å². The number of amides is 12. The van der Waals surface area contributed by atoms with E-state index < -0.39 is 161 Å². The summed E-state index contributed by atoms with van der Waals surface area (Å²) in [6, 6.07) is -13.0. The first-order valence-corrected chi connectivity index (χ1v) is 33.5. The van der Waals surface area contributed by atoms with Gasteiger partial charge in [0.05, 0.1) is 12.6 Å². The molecule has 1 heterocycles. The standard InChI is InChI=1S/C68H122N12O13/c1-27-29-30-44(15)56(82)55-60(86)71-46(28-2)61(87)74(20)37-52(81)75(21)48(33-38(3)4)59(85)73-53(42(11)12)65(91)76(22)49(34-39(5)6)58(84)70-45(16)57(83)72-47(31-32-69-67(93)68(17,18)19)62(88)77(23)50(35-40(7)8)63(89)78(24)51(36-41(9)10)64(90)79(25)54(43(13)14)66(92)80(55)26/h27,29,38-51,53-56,82H,28,30-37H2,1-26H3,(H,69,93)(H,70,84)(H,71,86)(H,72,83)(H,73,85)/b29-27+/t44-,45+,46+,47-,48+,49+,50+,51+,53+,54+,55+,56-/m1/s1. The maximum Gasteiger partial charge on any atom is 0.246 e. The van der Waals surface area contributed by atoms with E-state index in [1.807, 2.05) is 55.4 Å². The van der Waals surface area contributed by atoms with Crippen molar-refractivity contribution in [2.24, 2.45) is 46.8 Å². The molecular weight excluding hydrogens is 1190 g/mol. The summed E-state index contributed by atoms with van der Waals surface area (Å²) in [5.41, 5.74) is -0.820. The molecule has 0 saturated carbocycles. The Morgan fingerprint density at radius 2 is 0.957 bits per heavy atom. The molecule has 25 heteroatoms. The minimum Gasteiger partial charge on any atom is -0.390 e. The normalized spacial score (nSPS) is 25.7. The van der Waals surface area contributed by atoms with E-state index in [1.54, 1.807) is 81.4 Å². The van der Waals surface area contributed by atoms with Gasteiger partial charge in [0, 0.05) is 61.3 Å². The predicted molar refractivity (Wildman–Crippen MR) is 360 cm³/mol. The molecule has 0 aromatic heterocycles. The van der Waals surface area contributed by atoms with Crippen LogP contribution in [0.25, 0.3) is 0 Å². The molecule has 12 atom stereocenters. The van der Waals surface area contributed by atoms with E-state index in [-0.39, 0.29) is 74.6 Å². The summed E-state index contributed by atoms with van der Waals surface area (Å²) < 4.78 is 0. The van der Waals surface area contributed by atoms with Gasteiger partial charge in [-0.1, -0.05) is 130 Å². The highest BCUT2D eigenvalue weighted by atomic mass is 16.3. The third-order valence-electron chi connectivity index (χ3n) is 17.4. The second kappa shape index (κ2) is 38.0. The first-order chi connectivity index (χ1) is 42.8. The number of nitrogens with one attached hydrogen (secondary N) is 5. The van der Waals surface area contributed by atoms with Crippen LogP contribution < -0.4 is 26.6 Å². The smallest absolute Gasteiger partial charge is 0.246 e. The lowest BCUT2D eigenvalue weighted by Crippen LogP contribution is -2.63. The number of aliphatic hydroxyl groups excluding tert-OH is 1. The first kappa shape index (κ1) is 84.4. The monoisotopic (exact) mass is 1310 g/mol. The van der Waals surface area contributed by atoms with Crippen LogP contribution in [0.3, 0.4) is 0 Å². The molecule has 1 aliphatic heterocycles. The molecule has 0 unspecified atom stereocenters. The summed E-state index contributed by atoms with van der Waals surface area (Å²) in [5, 5.41) is 26.1. The number of nitrogens with zero attached hydrogens (tertiary/aromatic N) is 7. The quantitative estimate of drug-likeness (QED) is 0.107. The van der Waals surface area contributed by atoms with Crippen molar-refractivity contribution in [3.8, 4) is 0 Å². The fraction of sp³-hybridized carbons (Fsp3) is 0.794. The van der Waals surface area contributed by atoms with E-state index in [0.29, 0.717) is 6.42 Å². The molecule has 0 aromatic carbocycles. The van der Waals surface area contributed by atoms with Crippen molar-refractivity contribution in [2.75, 3.05) is 62.4 Å². The molecule has 532 valence electrons. The Morgan fingerprint density at radius 3 is 1.41 bits per heavy atom. The fourth-order valence-electron chi connectivity index (χ4n) is 11.4. The number of carbonyl (C=O) groups is 12. The number of hydrogen-bond donors (Lipinski definition) is 6. The van der Waals surface area contributed by atoms with E-state index in [2.05, 4.69) is 26.6 Å². The summed E-state index contributed by atoms with van der Waals surface area (Å²) >= 11 is 0. The van der Waals surface area contributed by atoms with Crippen molar-refractivity contribution in [1.29, 1.82) is 0 Å². The highest BCUT2D eigenvalue weighted by molar-refractivity contribution is 6.00. The minimum absolute atomic E-state index is 0.00785. The molecule has 0 aliphatic carbocycles. The number of aliphatic hydroxyl groups is 1. The number of hydrogen-bond acceptors (Lipinski definition) is 13. The Kier molecular flexibility index (Phi) is 34.5. The van der Waals surface area contributed by atoms with Gasteiger partial charge in [0.25, 0.3) is 0 Å². The highest BCUT2D eigenvalue weighted by Gasteiger charge is 2.46. The van der Waals surface area contributed by atoms with Gasteiger partial charge in [-0.25, -0.2) is 0 Å². The van der Waals surface area contributed by atoms with Crippen LogP contribution in [0.15, 0.2) is 12.2 Å². The van der Waals surface area contributed by atoms with Gasteiger partial charge in [-0.2, -0.15) is 0 Å². The van der Waals surface area contributed by atoms with Crippen LogP contribution >= 0.6 is 0 Å². The fourth-order valence-corrected chi connectivity index (χ4v) is 11.4. The molecule has 0 bridgehead atoms. The lowest BCUT2D eigenvalue weighted by atomic mass is 9.91. The zero-order valence-electron chi connectivity index (χ0n) is 61.4. The van der Waals surface area contributed by atoms with Crippen molar-refractivity contribution < 1.29 is 62.6 Å². The molecule has 93 heavy (non-hydrogen) atoms. The second-order valence-electron chi connectivity index (χ2n) is 29.2. The Morgan fingerprint density at radius 1 is 0.527 bits per heavy atom. The molecule has 1 aliphatic rings. The van der Waals surface area contributed by atoms with Crippen LogP contribution in [0.2, 0.25) is 0 Å². The average Bonchev–Trinajstić information content (AvgIpc) is 0.853. The summed E-state index contributed by atoms with van der Waals surface area (Å²) in [5.74, 6) is -10.7. The highest BCUT2D eigenvalue weighted by Crippen LogP contribution is 2.26. The van der Waals surface area contributed by atoms with E-state index in [4.69, 9.17) is 0 Å². The largest absolute Gasteiger partial charge is 0.390 e. The minimum atomic E-state index is -1.64. The zero-order valence-corrected chi connectivity index (χ0v) is 61.4. The Bertz CT molecular complexity index is 2580. The summed E-state index contributed by atoms with van der Waals surface area (Å²) in [4.78, 5) is 184. The lowest BCUT2D eigenvalue weighted by molar-refractivity contribution is -0.157. The van der Waals surface area contributed by atoms with E-state index in [1.165, 1.54) is 80.8 Å². The van der Waals surface area contributed by atoms with E-state index >= 15 is 19.2 Å². The molecule has 0 radical (unpaired) electrons. The van der Waals surface area contributed by atoms with Gasteiger partial charge < -0.3 is 66.0 Å². The molecule has 1 saturated heterocycles. The van der Waals surface area contributed by atoms with Crippen molar-refractivity contribution >= 4 is 70.9 Å². The molecule has 0 aromatic rings. The van der Waals surface area contributed by atoms with Crippen LogP contribution in [-0.4, -0.2) is 239 Å². The van der Waals surface area contributed by atoms with Crippen molar-refractivity contribution in [1.82, 2.24) is 60.9 Å². The second-order valence-corrected chi connectivity index (χ2v) is 29.2. The van der Waals surface area contributed by atoms with Gasteiger partial charge in [-0.05, 0) is 100 Å². The molecule has 12 amide bonds. The van der Waals surface area contributed by atoms with Crippen LogP contribution in [-0.2, 0) is 57.5 Å². The Hall–Kier alpha value is -6.66. The molecule has 1 rings (SSSR count). The molecule has 25 nitrogen and oxygen atoms in total. The molecule has 0 spiro atoms. The topological polar surface area (TPSA) is 308 Å². The van der Waals surface area contributed by atoms with Gasteiger partial charge in [0.15, 0.2) is 0 Å². The molecular formula is C68H122N12O13. The number of rotatable bonds is 18. The maximum absolute atomic E-state index is 15.3. The maximum atomic E-state index is 15.3. The first-order valence-electron chi connectivity index (χ1n) is 33.5. The van der Waals surface area contributed by atoms with Gasteiger partial charge in [-0.15, -0.1) is 0 Å². The summed E-state index contributed by atoms with van der Waals surface area (Å²) in [7, 11) is 9.83. The van der Waals surface area contributed by atoms with Crippen LogP contribution in [0.4, 0.5) is 0 Å². The number of allylic oxidation sites excluding steroid dienone is 2. The van der Waals surface area contributed by atoms with Crippen LogP contribution in [0.5, 0.6) is 0 Å². The average molecular weight is 1320 g/mol. The SMILES string of the molecule is C/C=C/C[C@@H](C)[C@@H](O)[C@H]1C(=O)N[C@@H](CC)C(=O)N(C)CC(=O)N(C)[C@@H](CC(C)C)C(=O)N[C@@H](C(C)C)C(=O)N(C)[C@@H](CC(C)C)C(=O)N[C@@H](C)C(=O)N[C@H](CCNC(=O)C(C)(C)C)C(=O)N(C)[C@@H](CC(C)C)C(=O)N(C)[C@@H](CC(C)C)C(=O)N(C)[C@@H](C(C)C)C(=O)N1C. The van der Waals surface area contributed by atoms with Crippen LogP contribution in [0, 0.1) is 46.8 Å². The van der Waals surface area contributed by atoms with E-state index in [0.717, 1.165) is 9.80 Å². The van der Waals surface area contributed by atoms with Crippen LogP contribution in [0.1, 0.15) is 176 Å². The molecule has 6 N–H and O–H groups in total. The number of likely N-dealkylation sites (N-methyl/N-ethyl adjacent to an activating group) is 7. The van der Waals surface area contributed by atoms with Crippen molar-refractivity contribution in [2.45, 2.75) is 243 Å². The third kappa shape index (κ3) is 24.6. The molecule has 1 fully saturated rings. The lowest BCUT2D eigenvalue weighted by Gasteiger charge is -2.41. The van der Waals surface area contributed by atoms with Gasteiger partial charge in [0.2, 0.25) is 70.9 Å². The summed E-state index contributed by atoms with van der Waals surface area (Å²) in [6.07, 6.45) is 2.64. The Labute approximate surface area is 556 Å². The Balaban J connectivity index is 4.51. The number of carbonyl (C=O) groups excluding carboxylic acids is 12. The van der Waals surface area contributed by atoms with Gasteiger partial charge in [0.1, 0.15) is 60.4 Å². The third-order valence-corrected chi connectivity index (χ3v) is 17.4. The van der Waals surface area contributed by atoms with E-state index in [9.17, 15) is 43.5 Å².